The lowest BCUT2D eigenvalue weighted by atomic mass is 10.5. The molecule has 0 saturated carbocycles. The van der Waals surface area contributed by atoms with Crippen LogP contribution in [0.5, 0.6) is 0 Å². The first-order chi connectivity index (χ1) is 3.41. The average Bonchev–Trinajstić information content (AvgIpc) is 1.69. The van der Waals surface area contributed by atoms with Gasteiger partial charge in [0.05, 0.1) is 0 Å². The molecule has 0 N–H and O–H groups in total. The van der Waals surface area contributed by atoms with Crippen LogP contribution in [0.3, 0.4) is 0 Å². The molecule has 0 atom stereocenters. The zero-order valence-electron chi connectivity index (χ0n) is 4.24. The Balaban J connectivity index is 3.21. The summed E-state index contributed by atoms with van der Waals surface area (Å²) in [5.41, 5.74) is 0. The van der Waals surface area contributed by atoms with Crippen LogP contribution in [0.4, 0.5) is 0 Å². The molecule has 0 bridgehead atoms. The van der Waals surface area contributed by atoms with Crippen molar-refractivity contribution in [2.45, 2.75) is 6.92 Å². The van der Waals surface area contributed by atoms with E-state index in [9.17, 15) is 0 Å². The van der Waals surface area contributed by atoms with Gasteiger partial charge in [-0.2, -0.15) is 0 Å². The Hall–Kier alpha value is -0.410. The van der Waals surface area contributed by atoms with Gasteiger partial charge in [0.25, 0.3) is 0 Å². The molecule has 38 valence electrons. The van der Waals surface area contributed by atoms with Crippen molar-refractivity contribution in [1.82, 2.24) is 0 Å². The van der Waals surface area contributed by atoms with E-state index >= 15 is 0 Å². The fourth-order valence-electron chi connectivity index (χ4n) is 0.187. The number of rotatable bonds is 1. The molecule has 0 spiro atoms. The van der Waals surface area contributed by atoms with Crippen molar-refractivity contribution >= 4 is 11.6 Å². The minimum absolute atomic E-state index is 0.550. The van der Waals surface area contributed by atoms with E-state index in [4.69, 9.17) is 11.6 Å². The predicted molar refractivity (Wildman–Crippen MR) is 33.3 cm³/mol. The van der Waals surface area contributed by atoms with Crippen LogP contribution in [-0.2, 0) is 0 Å². The maximum atomic E-state index is 5.28. The summed E-state index contributed by atoms with van der Waals surface area (Å²) in [5, 5.41) is 0. The quantitative estimate of drug-likeness (QED) is 0.360. The van der Waals surface area contributed by atoms with Crippen molar-refractivity contribution in [2.24, 2.45) is 0 Å². The average molecular weight is 115 g/mol. The van der Waals surface area contributed by atoms with Gasteiger partial charge in [0, 0.05) is 5.88 Å². The van der Waals surface area contributed by atoms with E-state index < -0.39 is 0 Å². The van der Waals surface area contributed by atoms with Crippen LogP contribution >= 0.6 is 11.6 Å². The molecule has 0 aliphatic carbocycles. The van der Waals surface area contributed by atoms with E-state index in [2.05, 4.69) is 11.8 Å². The molecule has 0 aromatic heterocycles. The second-order valence-electron chi connectivity index (χ2n) is 0.951. The molecule has 0 nitrogen and oxygen atoms in total. The van der Waals surface area contributed by atoms with Crippen LogP contribution in [-0.4, -0.2) is 5.88 Å². The van der Waals surface area contributed by atoms with Crippen LogP contribution in [0.25, 0.3) is 0 Å². The first kappa shape index (κ1) is 6.59. The van der Waals surface area contributed by atoms with Crippen molar-refractivity contribution in [3.63, 3.8) is 0 Å². The minimum Gasteiger partial charge on any atom is -0.122 e. The monoisotopic (exact) mass is 114 g/mol. The second kappa shape index (κ2) is 5.59. The van der Waals surface area contributed by atoms with Gasteiger partial charge in [-0.1, -0.05) is 12.0 Å². The predicted octanol–water partition coefficient (Wildman–Crippen LogP) is 1.80. The lowest BCUT2D eigenvalue weighted by Gasteiger charge is -1.65. The molecule has 0 heterocycles. The number of allylic oxidation sites excluding steroid dienone is 2. The van der Waals surface area contributed by atoms with Gasteiger partial charge in [-0.3, -0.25) is 0 Å². The normalized spacial score (nSPS) is 8.29. The van der Waals surface area contributed by atoms with Gasteiger partial charge in [0.2, 0.25) is 0 Å². The van der Waals surface area contributed by atoms with Gasteiger partial charge in [0.15, 0.2) is 0 Å². The standard InChI is InChI=1S/C6H7Cl/c1-2-3-4-5-6-7/h4-5H,6H2,1H3/b5-4+. The lowest BCUT2D eigenvalue weighted by Crippen LogP contribution is -1.54. The van der Waals surface area contributed by atoms with E-state index in [1.165, 1.54) is 0 Å². The van der Waals surface area contributed by atoms with Crippen LogP contribution < -0.4 is 0 Å². The fraction of sp³-hybridized carbons (Fsp3) is 0.333. The van der Waals surface area contributed by atoms with E-state index in [1.807, 2.05) is 0 Å². The van der Waals surface area contributed by atoms with Gasteiger partial charge in [0.1, 0.15) is 0 Å². The van der Waals surface area contributed by atoms with Crippen molar-refractivity contribution in [3.8, 4) is 11.8 Å². The first-order valence-corrected chi connectivity index (χ1v) is 2.58. The summed E-state index contributed by atoms with van der Waals surface area (Å²) in [4.78, 5) is 0. The van der Waals surface area contributed by atoms with Gasteiger partial charge in [-0.15, -0.1) is 17.5 Å². The highest BCUT2D eigenvalue weighted by Crippen LogP contribution is 1.74. The number of alkyl halides is 1. The summed E-state index contributed by atoms with van der Waals surface area (Å²) in [6.07, 6.45) is 3.55. The Labute approximate surface area is 49.2 Å². The smallest absolute Gasteiger partial charge is 0.0413 e. The van der Waals surface area contributed by atoms with Crippen LogP contribution in [0.1, 0.15) is 6.92 Å². The Morgan fingerprint density at radius 3 is 2.86 bits per heavy atom. The third kappa shape index (κ3) is 5.59. The molecule has 0 rings (SSSR count). The minimum atomic E-state index is 0.550. The summed E-state index contributed by atoms with van der Waals surface area (Å²) in [6, 6.07) is 0. The van der Waals surface area contributed by atoms with Gasteiger partial charge in [-0.05, 0) is 13.0 Å². The van der Waals surface area contributed by atoms with Gasteiger partial charge < -0.3 is 0 Å². The molecule has 0 amide bonds. The van der Waals surface area contributed by atoms with Crippen molar-refractivity contribution in [1.29, 1.82) is 0 Å². The third-order valence-corrected chi connectivity index (χ3v) is 0.613. The van der Waals surface area contributed by atoms with Crippen LogP contribution in [0.15, 0.2) is 12.2 Å². The molecule has 0 aliphatic rings. The molecule has 0 aliphatic heterocycles. The number of hydrogen-bond acceptors (Lipinski definition) is 0. The Morgan fingerprint density at radius 1 is 1.71 bits per heavy atom. The molecule has 7 heavy (non-hydrogen) atoms. The highest BCUT2D eigenvalue weighted by Gasteiger charge is 1.58. The Kier molecular flexibility index (Phi) is 5.26. The molecule has 0 saturated heterocycles. The van der Waals surface area contributed by atoms with Gasteiger partial charge >= 0.3 is 0 Å². The van der Waals surface area contributed by atoms with E-state index in [1.54, 1.807) is 19.1 Å². The summed E-state index contributed by atoms with van der Waals surface area (Å²) >= 11 is 5.28. The molecule has 0 aromatic carbocycles. The highest BCUT2D eigenvalue weighted by molar-refractivity contribution is 6.18. The van der Waals surface area contributed by atoms with Crippen molar-refractivity contribution in [2.75, 3.05) is 5.88 Å². The zero-order chi connectivity index (χ0) is 5.54. The van der Waals surface area contributed by atoms with Crippen LogP contribution in [0, 0.1) is 11.8 Å². The van der Waals surface area contributed by atoms with E-state index in [-0.39, 0.29) is 0 Å². The highest BCUT2D eigenvalue weighted by atomic mass is 35.5. The molecule has 0 radical (unpaired) electrons. The summed E-state index contributed by atoms with van der Waals surface area (Å²) in [6.45, 7) is 1.79. The topological polar surface area (TPSA) is 0 Å². The molecule has 1 heteroatoms. The van der Waals surface area contributed by atoms with E-state index in [0.29, 0.717) is 5.88 Å². The summed E-state index contributed by atoms with van der Waals surface area (Å²) < 4.78 is 0. The van der Waals surface area contributed by atoms with Gasteiger partial charge in [-0.25, -0.2) is 0 Å². The fourth-order valence-corrected chi connectivity index (χ4v) is 0.276. The Morgan fingerprint density at radius 2 is 2.43 bits per heavy atom. The van der Waals surface area contributed by atoms with Crippen LogP contribution in [0.2, 0.25) is 0 Å². The molecule has 0 unspecified atom stereocenters. The first-order valence-electron chi connectivity index (χ1n) is 2.05. The maximum Gasteiger partial charge on any atom is 0.0413 e. The van der Waals surface area contributed by atoms with E-state index in [0.717, 1.165) is 0 Å². The molecule has 0 fully saturated rings. The van der Waals surface area contributed by atoms with Crippen molar-refractivity contribution < 1.29 is 0 Å². The van der Waals surface area contributed by atoms with Crippen molar-refractivity contribution in [3.05, 3.63) is 12.2 Å². The number of hydrogen-bond donors (Lipinski definition) is 0. The second-order valence-corrected chi connectivity index (χ2v) is 1.26. The molecular weight excluding hydrogens is 108 g/mol. The largest absolute Gasteiger partial charge is 0.122 e. The maximum absolute atomic E-state index is 5.28. The Bertz CT molecular complexity index is 103. The molecule has 0 aromatic rings. The SMILES string of the molecule is CC#C/C=C/CCl. The third-order valence-electron chi connectivity index (χ3n) is 0.435. The zero-order valence-corrected chi connectivity index (χ0v) is 5.00. The molecular formula is C6H7Cl. The number of halogens is 1. The lowest BCUT2D eigenvalue weighted by molar-refractivity contribution is 1.76. The summed E-state index contributed by atoms with van der Waals surface area (Å²) in [7, 11) is 0. The summed E-state index contributed by atoms with van der Waals surface area (Å²) in [5.74, 6) is 5.99.